The number of hydrogen-bond acceptors (Lipinski definition) is 5. The molecule has 0 aliphatic carbocycles. The Morgan fingerprint density at radius 2 is 2.06 bits per heavy atom. The molecule has 0 bridgehead atoms. The molecule has 0 heterocycles. The lowest BCUT2D eigenvalue weighted by atomic mass is 10.3. The van der Waals surface area contributed by atoms with Crippen molar-refractivity contribution in [2.75, 3.05) is 12.4 Å². The second-order valence-corrected chi connectivity index (χ2v) is 4.17. The fourth-order valence-electron chi connectivity index (χ4n) is 0.856. The molecule has 0 spiro atoms. The Morgan fingerprint density at radius 3 is 2.50 bits per heavy atom. The Bertz CT molecular complexity index is 291. The van der Waals surface area contributed by atoms with Crippen LogP contribution < -0.4 is 5.32 Å². The van der Waals surface area contributed by atoms with Gasteiger partial charge in [0.25, 0.3) is 0 Å². The van der Waals surface area contributed by atoms with Crippen LogP contribution in [-0.4, -0.2) is 35.4 Å². The molecule has 1 unspecified atom stereocenters. The van der Waals surface area contributed by atoms with Gasteiger partial charge >= 0.3 is 5.97 Å². The van der Waals surface area contributed by atoms with E-state index in [1.165, 1.54) is 19.9 Å². The van der Waals surface area contributed by atoms with Gasteiger partial charge in [0.2, 0.25) is 5.91 Å². The van der Waals surface area contributed by atoms with Crippen molar-refractivity contribution in [3.05, 3.63) is 12.7 Å². The van der Waals surface area contributed by atoms with Crippen LogP contribution in [0.3, 0.4) is 0 Å². The zero-order valence-corrected chi connectivity index (χ0v) is 10.1. The maximum absolute atomic E-state index is 11.4. The second kappa shape index (κ2) is 7.92. The van der Waals surface area contributed by atoms with Crippen molar-refractivity contribution in [3.63, 3.8) is 0 Å². The minimum atomic E-state index is -0.800. The molecule has 5 nitrogen and oxygen atoms in total. The molecule has 0 aliphatic rings. The van der Waals surface area contributed by atoms with Gasteiger partial charge in [0, 0.05) is 19.6 Å². The second-order valence-electron chi connectivity index (χ2n) is 2.97. The molecule has 90 valence electrons. The van der Waals surface area contributed by atoms with Crippen LogP contribution in [0.5, 0.6) is 0 Å². The summed E-state index contributed by atoms with van der Waals surface area (Å²) in [5, 5.41) is 2.30. The van der Waals surface area contributed by atoms with Crippen molar-refractivity contribution in [3.8, 4) is 0 Å². The first-order chi connectivity index (χ1) is 7.47. The molecule has 1 amide bonds. The number of amides is 1. The number of nitrogens with one attached hydrogen (secondary N) is 1. The van der Waals surface area contributed by atoms with Crippen LogP contribution in [-0.2, 0) is 19.1 Å². The molecular weight excluding hydrogens is 230 g/mol. The number of hydrogen-bond donors (Lipinski definition) is 1. The third-order valence-electron chi connectivity index (χ3n) is 1.46. The topological polar surface area (TPSA) is 72.5 Å². The number of carbonyl (C=O) groups is 3. The SMILES string of the molecule is C=CCOC(=O)C(CSC(C)=O)NC(C)=O. The molecule has 0 aromatic carbocycles. The largest absolute Gasteiger partial charge is 0.460 e. The summed E-state index contributed by atoms with van der Waals surface area (Å²) in [6, 6.07) is -0.800. The lowest BCUT2D eigenvalue weighted by molar-refractivity contribution is -0.145. The first kappa shape index (κ1) is 14.7. The average molecular weight is 245 g/mol. The highest BCUT2D eigenvalue weighted by Crippen LogP contribution is 2.05. The fraction of sp³-hybridized carbons (Fsp3) is 0.500. The van der Waals surface area contributed by atoms with Crippen LogP contribution >= 0.6 is 11.8 Å². The highest BCUT2D eigenvalue weighted by Gasteiger charge is 2.21. The fourth-order valence-corrected chi connectivity index (χ4v) is 1.48. The van der Waals surface area contributed by atoms with E-state index in [1.54, 1.807) is 0 Å². The van der Waals surface area contributed by atoms with Gasteiger partial charge in [0.15, 0.2) is 5.12 Å². The van der Waals surface area contributed by atoms with Crippen molar-refractivity contribution in [2.45, 2.75) is 19.9 Å². The lowest BCUT2D eigenvalue weighted by Crippen LogP contribution is -2.42. The van der Waals surface area contributed by atoms with Crippen LogP contribution in [0.25, 0.3) is 0 Å². The summed E-state index contributed by atoms with van der Waals surface area (Å²) in [6.07, 6.45) is 1.43. The zero-order valence-electron chi connectivity index (χ0n) is 9.32. The molecule has 1 atom stereocenters. The van der Waals surface area contributed by atoms with Crippen molar-refractivity contribution in [2.24, 2.45) is 0 Å². The van der Waals surface area contributed by atoms with E-state index in [2.05, 4.69) is 11.9 Å². The number of rotatable bonds is 6. The first-order valence-corrected chi connectivity index (χ1v) is 5.64. The van der Waals surface area contributed by atoms with Gasteiger partial charge in [-0.25, -0.2) is 4.79 Å². The number of thioether (sulfide) groups is 1. The van der Waals surface area contributed by atoms with Gasteiger partial charge in [0.05, 0.1) is 0 Å². The molecule has 16 heavy (non-hydrogen) atoms. The van der Waals surface area contributed by atoms with E-state index in [0.717, 1.165) is 11.8 Å². The van der Waals surface area contributed by atoms with Gasteiger partial charge in [-0.2, -0.15) is 0 Å². The van der Waals surface area contributed by atoms with Crippen molar-refractivity contribution >= 4 is 28.8 Å². The van der Waals surface area contributed by atoms with E-state index in [9.17, 15) is 14.4 Å². The van der Waals surface area contributed by atoms with Gasteiger partial charge in [-0.05, 0) is 0 Å². The van der Waals surface area contributed by atoms with E-state index in [4.69, 9.17) is 4.74 Å². The molecule has 1 N–H and O–H groups in total. The highest BCUT2D eigenvalue weighted by molar-refractivity contribution is 8.13. The van der Waals surface area contributed by atoms with Crippen LogP contribution in [0.1, 0.15) is 13.8 Å². The maximum Gasteiger partial charge on any atom is 0.329 e. The van der Waals surface area contributed by atoms with Gasteiger partial charge in [0.1, 0.15) is 12.6 Å². The van der Waals surface area contributed by atoms with E-state index >= 15 is 0 Å². The van der Waals surface area contributed by atoms with E-state index in [-0.39, 0.29) is 23.4 Å². The van der Waals surface area contributed by atoms with Crippen LogP contribution in [0, 0.1) is 0 Å². The summed E-state index contributed by atoms with van der Waals surface area (Å²) in [5.41, 5.74) is 0. The number of ether oxygens (including phenoxy) is 1. The summed E-state index contributed by atoms with van der Waals surface area (Å²) in [5.74, 6) is -0.737. The van der Waals surface area contributed by atoms with Crippen molar-refractivity contribution in [1.82, 2.24) is 5.32 Å². The molecule has 0 rings (SSSR count). The van der Waals surface area contributed by atoms with Crippen molar-refractivity contribution < 1.29 is 19.1 Å². The Morgan fingerprint density at radius 1 is 1.44 bits per heavy atom. The van der Waals surface area contributed by atoms with Gasteiger partial charge in [-0.1, -0.05) is 24.4 Å². The van der Waals surface area contributed by atoms with Crippen LogP contribution in [0.4, 0.5) is 0 Å². The first-order valence-electron chi connectivity index (χ1n) is 4.65. The molecule has 0 aromatic heterocycles. The van der Waals surface area contributed by atoms with E-state index in [1.807, 2.05) is 0 Å². The Balaban J connectivity index is 4.27. The smallest absolute Gasteiger partial charge is 0.329 e. The Kier molecular flexibility index (Phi) is 7.28. The van der Waals surface area contributed by atoms with E-state index < -0.39 is 12.0 Å². The predicted molar refractivity (Wildman–Crippen MR) is 61.9 cm³/mol. The van der Waals surface area contributed by atoms with E-state index in [0.29, 0.717) is 0 Å². The lowest BCUT2D eigenvalue weighted by Gasteiger charge is -2.14. The van der Waals surface area contributed by atoms with Gasteiger partial charge < -0.3 is 10.1 Å². The van der Waals surface area contributed by atoms with Crippen LogP contribution in [0.2, 0.25) is 0 Å². The van der Waals surface area contributed by atoms with Crippen LogP contribution in [0.15, 0.2) is 12.7 Å². The standard InChI is InChI=1S/C10H15NO4S/c1-4-5-15-10(14)9(11-7(2)12)6-16-8(3)13/h4,9H,1,5-6H2,2-3H3,(H,11,12). The molecule has 0 aliphatic heterocycles. The van der Waals surface area contributed by atoms with Crippen molar-refractivity contribution in [1.29, 1.82) is 0 Å². The monoisotopic (exact) mass is 245 g/mol. The molecular formula is C10H15NO4S. The zero-order chi connectivity index (χ0) is 12.6. The highest BCUT2D eigenvalue weighted by atomic mass is 32.2. The number of esters is 1. The molecule has 6 heteroatoms. The molecule has 0 radical (unpaired) electrons. The third-order valence-corrected chi connectivity index (χ3v) is 2.37. The van der Waals surface area contributed by atoms with Gasteiger partial charge in [-0.15, -0.1) is 0 Å². The summed E-state index contributed by atoms with van der Waals surface area (Å²) in [6.45, 7) is 6.18. The molecule has 0 saturated heterocycles. The molecule has 0 fully saturated rings. The molecule has 0 saturated carbocycles. The predicted octanol–water partition coefficient (Wildman–Crippen LogP) is 0.500. The summed E-state index contributed by atoms with van der Waals surface area (Å²) < 4.78 is 4.79. The summed E-state index contributed by atoms with van der Waals surface area (Å²) >= 11 is 0.963. The normalized spacial score (nSPS) is 11.4. The Hall–Kier alpha value is -1.30. The maximum atomic E-state index is 11.4. The summed E-state index contributed by atoms with van der Waals surface area (Å²) in [7, 11) is 0. The average Bonchev–Trinajstić information content (AvgIpc) is 2.19. The minimum Gasteiger partial charge on any atom is -0.460 e. The molecule has 0 aromatic rings. The quantitative estimate of drug-likeness (QED) is 0.545. The minimum absolute atomic E-state index is 0.0830. The Labute approximate surface area is 98.6 Å². The third kappa shape index (κ3) is 7.05. The number of carbonyl (C=O) groups excluding carboxylic acids is 3. The van der Waals surface area contributed by atoms with Gasteiger partial charge in [-0.3, -0.25) is 9.59 Å². The summed E-state index contributed by atoms with van der Waals surface area (Å²) in [4.78, 5) is 33.0.